The highest BCUT2D eigenvalue weighted by Crippen LogP contribution is 2.26. The summed E-state index contributed by atoms with van der Waals surface area (Å²) in [5.74, 6) is -0.366. The summed E-state index contributed by atoms with van der Waals surface area (Å²) < 4.78 is 48.7. The number of halogens is 1. The molecule has 0 radical (unpaired) electrons. The highest BCUT2D eigenvalue weighted by Gasteiger charge is 2.18. The molecule has 0 aliphatic heterocycles. The normalized spacial score (nSPS) is 11.8. The number of benzene rings is 2. The first kappa shape index (κ1) is 20.5. The van der Waals surface area contributed by atoms with E-state index < -0.39 is 10.0 Å². The molecule has 4 rings (SSSR count). The van der Waals surface area contributed by atoms with Crippen LogP contribution in [0.2, 0.25) is 0 Å². The Kier molecular flexibility index (Phi) is 5.85. The number of sulfonamides is 1. The van der Waals surface area contributed by atoms with Crippen LogP contribution in [0.3, 0.4) is 0 Å². The van der Waals surface area contributed by atoms with Crippen LogP contribution in [0, 0.1) is 5.82 Å². The third kappa shape index (κ3) is 4.38. The molecule has 1 N–H and O–H groups in total. The first-order chi connectivity index (χ1) is 14.5. The van der Waals surface area contributed by atoms with Gasteiger partial charge in [0.25, 0.3) is 6.01 Å². The molecule has 0 fully saturated rings. The molecule has 4 aromatic rings. The Morgan fingerprint density at radius 3 is 2.63 bits per heavy atom. The second kappa shape index (κ2) is 8.55. The van der Waals surface area contributed by atoms with Gasteiger partial charge in [-0.3, -0.25) is 4.57 Å². The van der Waals surface area contributed by atoms with Crippen LogP contribution in [0.4, 0.5) is 4.39 Å². The van der Waals surface area contributed by atoms with Gasteiger partial charge in [0.2, 0.25) is 10.0 Å². The Morgan fingerprint density at radius 1 is 1.13 bits per heavy atom. The zero-order valence-corrected chi connectivity index (χ0v) is 17.8. The first-order valence-electron chi connectivity index (χ1n) is 9.34. The van der Waals surface area contributed by atoms with Crippen LogP contribution in [0.1, 0.15) is 18.1 Å². The minimum absolute atomic E-state index is 0.0669. The number of aromatic nitrogens is 2. The lowest BCUT2D eigenvalue weighted by atomic mass is 10.2. The van der Waals surface area contributed by atoms with Crippen LogP contribution in [-0.4, -0.2) is 24.6 Å². The van der Waals surface area contributed by atoms with Gasteiger partial charge in [-0.05, 0) is 65.2 Å². The van der Waals surface area contributed by atoms with E-state index in [1.165, 1.54) is 18.2 Å². The maximum atomic E-state index is 13.0. The molecule has 0 atom stereocenters. The summed E-state index contributed by atoms with van der Waals surface area (Å²) in [6.45, 7) is 2.99. The molecule has 0 aliphatic rings. The standard InChI is InChI=1S/C21H20FN3O3S2/c1-2-28-21-24-19-11-18(7-8-20(19)25(21)13-16-9-10-29-14-16)30(26,27)23-12-15-3-5-17(22)6-4-15/h3-11,14,23H,2,12-13H2,1H3. The van der Waals surface area contributed by atoms with Gasteiger partial charge in [0, 0.05) is 6.54 Å². The lowest BCUT2D eigenvalue weighted by Crippen LogP contribution is -2.23. The maximum Gasteiger partial charge on any atom is 0.297 e. The van der Waals surface area contributed by atoms with Crippen molar-refractivity contribution in [1.82, 2.24) is 14.3 Å². The Labute approximate surface area is 178 Å². The van der Waals surface area contributed by atoms with Gasteiger partial charge in [-0.2, -0.15) is 16.3 Å². The minimum Gasteiger partial charge on any atom is -0.465 e. The van der Waals surface area contributed by atoms with E-state index in [0.717, 1.165) is 11.1 Å². The van der Waals surface area contributed by atoms with Crippen LogP contribution in [-0.2, 0) is 23.1 Å². The van der Waals surface area contributed by atoms with E-state index in [1.54, 1.807) is 35.6 Å². The highest BCUT2D eigenvalue weighted by atomic mass is 32.2. The number of nitrogens with zero attached hydrogens (tertiary/aromatic N) is 2. The number of thiophene rings is 1. The largest absolute Gasteiger partial charge is 0.465 e. The van der Waals surface area contributed by atoms with Crippen LogP contribution < -0.4 is 9.46 Å². The van der Waals surface area contributed by atoms with Gasteiger partial charge >= 0.3 is 0 Å². The van der Waals surface area contributed by atoms with Gasteiger partial charge in [0.1, 0.15) is 5.82 Å². The molecule has 2 heterocycles. The second-order valence-electron chi connectivity index (χ2n) is 6.65. The summed E-state index contributed by atoms with van der Waals surface area (Å²) in [4.78, 5) is 4.61. The van der Waals surface area contributed by atoms with E-state index in [0.29, 0.717) is 30.2 Å². The summed E-state index contributed by atoms with van der Waals surface area (Å²) in [6.07, 6.45) is 0. The number of ether oxygens (including phenoxy) is 1. The topological polar surface area (TPSA) is 73.2 Å². The number of fused-ring (bicyclic) bond motifs is 1. The third-order valence-corrected chi connectivity index (χ3v) is 6.70. The maximum absolute atomic E-state index is 13.0. The van der Waals surface area contributed by atoms with E-state index in [-0.39, 0.29) is 17.3 Å². The molecule has 2 aromatic heterocycles. The average Bonchev–Trinajstić information content (AvgIpc) is 3.36. The van der Waals surface area contributed by atoms with Crippen LogP contribution in [0.25, 0.3) is 11.0 Å². The Bertz CT molecular complexity index is 1250. The quantitative estimate of drug-likeness (QED) is 0.442. The number of nitrogens with one attached hydrogen (secondary N) is 1. The van der Waals surface area contributed by atoms with Crippen molar-refractivity contribution in [1.29, 1.82) is 0 Å². The number of rotatable bonds is 8. The molecular formula is C21H20FN3O3S2. The fourth-order valence-electron chi connectivity index (χ4n) is 3.08. The summed E-state index contributed by atoms with van der Waals surface area (Å²) in [7, 11) is -3.76. The Balaban J connectivity index is 1.62. The zero-order valence-electron chi connectivity index (χ0n) is 16.2. The van der Waals surface area contributed by atoms with Crippen molar-refractivity contribution < 1.29 is 17.5 Å². The smallest absolute Gasteiger partial charge is 0.297 e. The lowest BCUT2D eigenvalue weighted by molar-refractivity contribution is 0.301. The van der Waals surface area contributed by atoms with E-state index in [1.807, 2.05) is 22.9 Å². The second-order valence-corrected chi connectivity index (χ2v) is 9.19. The summed E-state index contributed by atoms with van der Waals surface area (Å²) in [5.41, 5.74) is 3.12. The van der Waals surface area contributed by atoms with Crippen molar-refractivity contribution in [2.75, 3.05) is 6.61 Å². The van der Waals surface area contributed by atoms with E-state index >= 15 is 0 Å². The van der Waals surface area contributed by atoms with Gasteiger partial charge in [-0.25, -0.2) is 17.5 Å². The molecule has 0 spiro atoms. The summed E-state index contributed by atoms with van der Waals surface area (Å²) in [6, 6.07) is 13.0. The van der Waals surface area contributed by atoms with Crippen molar-refractivity contribution in [2.24, 2.45) is 0 Å². The molecule has 0 amide bonds. The van der Waals surface area contributed by atoms with Gasteiger partial charge in [0.15, 0.2) is 0 Å². The van der Waals surface area contributed by atoms with E-state index in [4.69, 9.17) is 4.74 Å². The number of imidazole rings is 1. The molecule has 156 valence electrons. The predicted octanol–water partition coefficient (Wildman–Crippen LogP) is 4.16. The minimum atomic E-state index is -3.76. The van der Waals surface area contributed by atoms with Gasteiger partial charge in [-0.15, -0.1) is 0 Å². The van der Waals surface area contributed by atoms with Gasteiger partial charge < -0.3 is 4.74 Å². The molecule has 9 heteroatoms. The molecule has 30 heavy (non-hydrogen) atoms. The predicted molar refractivity (Wildman–Crippen MR) is 115 cm³/mol. The number of hydrogen-bond acceptors (Lipinski definition) is 5. The molecule has 0 saturated carbocycles. The zero-order chi connectivity index (χ0) is 21.1. The fraction of sp³-hybridized carbons (Fsp3) is 0.190. The first-order valence-corrected chi connectivity index (χ1v) is 11.8. The van der Waals surface area contributed by atoms with Gasteiger partial charge in [-0.1, -0.05) is 12.1 Å². The molecule has 2 aromatic carbocycles. The van der Waals surface area contributed by atoms with Crippen molar-refractivity contribution >= 4 is 32.4 Å². The molecular weight excluding hydrogens is 425 g/mol. The van der Waals surface area contributed by atoms with Crippen LogP contribution in [0.5, 0.6) is 6.01 Å². The monoisotopic (exact) mass is 445 g/mol. The van der Waals surface area contributed by atoms with Crippen LogP contribution >= 0.6 is 11.3 Å². The summed E-state index contributed by atoms with van der Waals surface area (Å²) >= 11 is 1.61. The molecule has 6 nitrogen and oxygen atoms in total. The Morgan fingerprint density at radius 2 is 1.93 bits per heavy atom. The van der Waals surface area contributed by atoms with Crippen molar-refractivity contribution in [3.05, 3.63) is 76.2 Å². The fourth-order valence-corrected chi connectivity index (χ4v) is 4.77. The van der Waals surface area contributed by atoms with Gasteiger partial charge in [0.05, 0.1) is 29.1 Å². The highest BCUT2D eigenvalue weighted by molar-refractivity contribution is 7.89. The third-order valence-electron chi connectivity index (χ3n) is 4.57. The molecule has 0 aliphatic carbocycles. The Hall–Kier alpha value is -2.75. The van der Waals surface area contributed by atoms with E-state index in [9.17, 15) is 12.8 Å². The van der Waals surface area contributed by atoms with Crippen molar-refractivity contribution in [3.63, 3.8) is 0 Å². The van der Waals surface area contributed by atoms with Crippen molar-refractivity contribution in [2.45, 2.75) is 24.9 Å². The number of hydrogen-bond donors (Lipinski definition) is 1. The lowest BCUT2D eigenvalue weighted by Gasteiger charge is -2.09. The molecule has 0 saturated heterocycles. The SMILES string of the molecule is CCOc1nc2cc(S(=O)(=O)NCc3ccc(F)cc3)ccc2n1Cc1ccsc1. The van der Waals surface area contributed by atoms with Crippen LogP contribution in [0.15, 0.2) is 64.2 Å². The average molecular weight is 446 g/mol. The van der Waals surface area contributed by atoms with Crippen molar-refractivity contribution in [3.8, 4) is 6.01 Å². The molecule has 0 unspecified atom stereocenters. The summed E-state index contributed by atoms with van der Waals surface area (Å²) in [5, 5.41) is 4.06. The van der Waals surface area contributed by atoms with E-state index in [2.05, 4.69) is 15.1 Å². The molecule has 0 bridgehead atoms.